The third-order valence-corrected chi connectivity index (χ3v) is 3.15. The fraction of sp³-hybridized carbons (Fsp3) is 0.462. The number of carbonyl (C=O) groups is 1. The van der Waals surface area contributed by atoms with Crippen molar-refractivity contribution in [2.75, 3.05) is 25.5 Å². The van der Waals surface area contributed by atoms with E-state index in [0.717, 1.165) is 12.5 Å². The summed E-state index contributed by atoms with van der Waals surface area (Å²) in [6.07, 6.45) is 2.56. The number of carbonyl (C=O) groups excluding carboxylic acids is 1. The summed E-state index contributed by atoms with van der Waals surface area (Å²) >= 11 is 5.98. The lowest BCUT2D eigenvalue weighted by Gasteiger charge is -2.08. The molecule has 1 aromatic rings. The molecule has 2 rings (SSSR count). The topological polar surface area (TPSA) is 50.4 Å². The van der Waals surface area contributed by atoms with E-state index in [-0.39, 0.29) is 18.3 Å². The monoisotopic (exact) mass is 304 g/mol. The second-order valence-electron chi connectivity index (χ2n) is 4.47. The maximum atomic E-state index is 11.6. The standard InChI is InChI=1S/C13H17ClN2O2.ClH/c1-18-12-5-4-10(6-11(12)14)16-13(17)8-15-7-9-2-3-9;/h4-6,9,15H,2-3,7-8H2,1H3,(H,16,17);1H. The maximum Gasteiger partial charge on any atom is 0.238 e. The molecule has 0 aromatic heterocycles. The molecule has 19 heavy (non-hydrogen) atoms. The molecule has 0 atom stereocenters. The zero-order valence-corrected chi connectivity index (χ0v) is 12.3. The lowest BCUT2D eigenvalue weighted by Crippen LogP contribution is -2.29. The number of benzene rings is 1. The van der Waals surface area contributed by atoms with Crippen molar-refractivity contribution < 1.29 is 9.53 Å². The van der Waals surface area contributed by atoms with E-state index in [1.54, 1.807) is 25.3 Å². The highest BCUT2D eigenvalue weighted by Gasteiger charge is 2.20. The zero-order chi connectivity index (χ0) is 13.0. The van der Waals surface area contributed by atoms with Crippen molar-refractivity contribution in [3.05, 3.63) is 23.2 Å². The Morgan fingerprint density at radius 2 is 2.21 bits per heavy atom. The van der Waals surface area contributed by atoms with E-state index in [1.165, 1.54) is 12.8 Å². The van der Waals surface area contributed by atoms with Gasteiger partial charge in [-0.3, -0.25) is 4.79 Å². The number of halogens is 2. The van der Waals surface area contributed by atoms with E-state index in [9.17, 15) is 4.79 Å². The fourth-order valence-electron chi connectivity index (χ4n) is 1.66. The van der Waals surface area contributed by atoms with Crippen molar-refractivity contribution in [2.24, 2.45) is 5.92 Å². The van der Waals surface area contributed by atoms with Crippen LogP contribution in [0.5, 0.6) is 5.75 Å². The van der Waals surface area contributed by atoms with Crippen LogP contribution in [-0.2, 0) is 4.79 Å². The van der Waals surface area contributed by atoms with Crippen molar-refractivity contribution in [3.63, 3.8) is 0 Å². The van der Waals surface area contributed by atoms with Gasteiger partial charge in [-0.25, -0.2) is 0 Å². The maximum absolute atomic E-state index is 11.6. The van der Waals surface area contributed by atoms with Gasteiger partial charge in [0.05, 0.1) is 18.7 Å². The predicted molar refractivity (Wildman–Crippen MR) is 79.5 cm³/mol. The molecular formula is C13H18Cl2N2O2. The van der Waals surface area contributed by atoms with Gasteiger partial charge >= 0.3 is 0 Å². The lowest BCUT2D eigenvalue weighted by atomic mass is 10.3. The molecule has 1 aliphatic rings. The first-order chi connectivity index (χ1) is 8.69. The highest BCUT2D eigenvalue weighted by molar-refractivity contribution is 6.32. The molecule has 1 amide bonds. The molecule has 1 fully saturated rings. The number of amides is 1. The summed E-state index contributed by atoms with van der Waals surface area (Å²) in [5.74, 6) is 1.31. The van der Waals surface area contributed by atoms with E-state index < -0.39 is 0 Å². The third kappa shape index (κ3) is 5.27. The number of nitrogens with one attached hydrogen (secondary N) is 2. The molecule has 0 heterocycles. The second-order valence-corrected chi connectivity index (χ2v) is 4.88. The second kappa shape index (κ2) is 7.58. The van der Waals surface area contributed by atoms with Gasteiger partial charge in [-0.15, -0.1) is 12.4 Å². The molecule has 1 aliphatic carbocycles. The van der Waals surface area contributed by atoms with Gasteiger partial charge in [-0.05, 0) is 43.5 Å². The molecule has 4 nitrogen and oxygen atoms in total. The van der Waals surface area contributed by atoms with Crippen LogP contribution < -0.4 is 15.4 Å². The average molecular weight is 305 g/mol. The van der Waals surface area contributed by atoms with Crippen molar-refractivity contribution >= 4 is 35.6 Å². The summed E-state index contributed by atoms with van der Waals surface area (Å²) in [5, 5.41) is 6.41. The number of methoxy groups -OCH3 is 1. The fourth-order valence-corrected chi connectivity index (χ4v) is 1.92. The van der Waals surface area contributed by atoms with Gasteiger partial charge in [0.1, 0.15) is 5.75 Å². The summed E-state index contributed by atoms with van der Waals surface area (Å²) in [5.41, 5.74) is 0.680. The lowest BCUT2D eigenvalue weighted by molar-refractivity contribution is -0.115. The molecule has 0 unspecified atom stereocenters. The van der Waals surface area contributed by atoms with E-state index in [2.05, 4.69) is 10.6 Å². The Bertz CT molecular complexity index is 437. The van der Waals surface area contributed by atoms with Crippen LogP contribution in [0.25, 0.3) is 0 Å². The van der Waals surface area contributed by atoms with Crippen molar-refractivity contribution in [3.8, 4) is 5.75 Å². The molecule has 0 aliphatic heterocycles. The average Bonchev–Trinajstić information content (AvgIpc) is 3.13. The Morgan fingerprint density at radius 1 is 1.47 bits per heavy atom. The Labute approximate surface area is 124 Å². The summed E-state index contributed by atoms with van der Waals surface area (Å²) in [6.45, 7) is 1.26. The van der Waals surface area contributed by atoms with Crippen molar-refractivity contribution in [2.45, 2.75) is 12.8 Å². The number of ether oxygens (including phenoxy) is 1. The third-order valence-electron chi connectivity index (χ3n) is 2.85. The van der Waals surface area contributed by atoms with E-state index >= 15 is 0 Å². The van der Waals surface area contributed by atoms with Crippen LogP contribution in [-0.4, -0.2) is 26.1 Å². The van der Waals surface area contributed by atoms with Crippen LogP contribution >= 0.6 is 24.0 Å². The Hall–Kier alpha value is -0.970. The summed E-state index contributed by atoms with van der Waals surface area (Å²) < 4.78 is 5.05. The van der Waals surface area contributed by atoms with Crippen LogP contribution in [0, 0.1) is 5.92 Å². The SMILES string of the molecule is COc1ccc(NC(=O)CNCC2CC2)cc1Cl.Cl. The predicted octanol–water partition coefficient (Wildman–Crippen LogP) is 2.71. The molecule has 1 aromatic carbocycles. The minimum absolute atomic E-state index is 0. The van der Waals surface area contributed by atoms with Crippen molar-refractivity contribution in [1.29, 1.82) is 0 Å². The minimum Gasteiger partial charge on any atom is -0.495 e. The van der Waals surface area contributed by atoms with Crippen LogP contribution in [0.3, 0.4) is 0 Å². The number of rotatable bonds is 6. The highest BCUT2D eigenvalue weighted by Crippen LogP contribution is 2.28. The number of hydrogen-bond acceptors (Lipinski definition) is 3. The first-order valence-electron chi connectivity index (χ1n) is 6.03. The van der Waals surface area contributed by atoms with E-state index in [1.807, 2.05) is 0 Å². The van der Waals surface area contributed by atoms with Gasteiger partial charge in [0.15, 0.2) is 0 Å². The van der Waals surface area contributed by atoms with Crippen LogP contribution in [0.4, 0.5) is 5.69 Å². The summed E-state index contributed by atoms with van der Waals surface area (Å²) in [7, 11) is 1.56. The van der Waals surface area contributed by atoms with Crippen LogP contribution in [0.2, 0.25) is 5.02 Å². The minimum atomic E-state index is -0.0584. The van der Waals surface area contributed by atoms with Gasteiger partial charge in [0.25, 0.3) is 0 Å². The van der Waals surface area contributed by atoms with Gasteiger partial charge < -0.3 is 15.4 Å². The number of anilines is 1. The normalized spacial score (nSPS) is 13.6. The largest absolute Gasteiger partial charge is 0.495 e. The quantitative estimate of drug-likeness (QED) is 0.849. The first kappa shape index (κ1) is 16.1. The van der Waals surface area contributed by atoms with Crippen LogP contribution in [0.15, 0.2) is 18.2 Å². The Kier molecular flexibility index (Phi) is 6.42. The van der Waals surface area contributed by atoms with E-state index in [4.69, 9.17) is 16.3 Å². The highest BCUT2D eigenvalue weighted by atomic mass is 35.5. The molecule has 0 bridgehead atoms. The van der Waals surface area contributed by atoms with Gasteiger partial charge in [0, 0.05) is 5.69 Å². The smallest absolute Gasteiger partial charge is 0.238 e. The summed E-state index contributed by atoms with van der Waals surface area (Å²) in [6, 6.07) is 5.18. The molecule has 1 saturated carbocycles. The molecule has 2 N–H and O–H groups in total. The first-order valence-corrected chi connectivity index (χ1v) is 6.41. The van der Waals surface area contributed by atoms with Gasteiger partial charge in [0.2, 0.25) is 5.91 Å². The van der Waals surface area contributed by atoms with Crippen molar-refractivity contribution in [1.82, 2.24) is 5.32 Å². The Balaban J connectivity index is 0.00000180. The Morgan fingerprint density at radius 3 is 2.79 bits per heavy atom. The van der Waals surface area contributed by atoms with Crippen LogP contribution in [0.1, 0.15) is 12.8 Å². The molecule has 0 saturated heterocycles. The van der Waals surface area contributed by atoms with Gasteiger partial charge in [-0.1, -0.05) is 11.6 Å². The molecular weight excluding hydrogens is 287 g/mol. The van der Waals surface area contributed by atoms with Gasteiger partial charge in [-0.2, -0.15) is 0 Å². The molecule has 106 valence electrons. The molecule has 0 radical (unpaired) electrons. The van der Waals surface area contributed by atoms with E-state index in [0.29, 0.717) is 23.0 Å². The summed E-state index contributed by atoms with van der Waals surface area (Å²) in [4.78, 5) is 11.6. The number of hydrogen-bond donors (Lipinski definition) is 2. The zero-order valence-electron chi connectivity index (χ0n) is 10.7. The molecule has 6 heteroatoms. The molecule has 0 spiro atoms.